The number of nitrogen functional groups attached to an aromatic ring is 1. The Kier molecular flexibility index (Phi) is 5.21. The lowest BCUT2D eigenvalue weighted by Gasteiger charge is -2.22. The highest BCUT2D eigenvalue weighted by molar-refractivity contribution is 8.06. The highest BCUT2D eigenvalue weighted by Gasteiger charge is 2.16. The molecule has 106 valence electrons. The Morgan fingerprint density at radius 2 is 2.16 bits per heavy atom. The number of nitrogens with two attached hydrogens (primary N) is 1. The maximum absolute atomic E-state index is 5.97. The smallest absolute Gasteiger partial charge is 0.135 e. The summed E-state index contributed by atoms with van der Waals surface area (Å²) >= 11 is 4.08. The second kappa shape index (κ2) is 6.70. The molecule has 1 aromatic heterocycles. The van der Waals surface area contributed by atoms with E-state index in [0.717, 1.165) is 23.8 Å². The van der Waals surface area contributed by atoms with E-state index < -0.39 is 0 Å². The van der Waals surface area contributed by atoms with Crippen LogP contribution in [-0.2, 0) is 0 Å². The summed E-state index contributed by atoms with van der Waals surface area (Å²) in [5.41, 5.74) is 6.92. The third kappa shape index (κ3) is 3.92. The van der Waals surface area contributed by atoms with E-state index in [4.69, 9.17) is 5.73 Å². The summed E-state index contributed by atoms with van der Waals surface area (Å²) in [5.74, 6) is 6.34. The lowest BCUT2D eigenvalue weighted by molar-refractivity contribution is 0.774. The van der Waals surface area contributed by atoms with Crippen LogP contribution in [0.5, 0.6) is 0 Å². The zero-order valence-corrected chi connectivity index (χ0v) is 13.4. The van der Waals surface area contributed by atoms with Crippen molar-refractivity contribution in [3.05, 3.63) is 11.4 Å². The summed E-state index contributed by atoms with van der Waals surface area (Å²) in [6, 6.07) is 0. The zero-order valence-electron chi connectivity index (χ0n) is 11.8. The maximum Gasteiger partial charge on any atom is 0.135 e. The SMILES string of the molecule is Cc1c(N)nc(C(C)C)nc1NCC1CSCCS1. The predicted molar refractivity (Wildman–Crippen MR) is 87.3 cm³/mol. The maximum atomic E-state index is 5.97. The average Bonchev–Trinajstić information content (AvgIpc) is 2.41. The monoisotopic (exact) mass is 298 g/mol. The molecule has 0 spiro atoms. The van der Waals surface area contributed by atoms with E-state index in [0.29, 0.717) is 17.0 Å². The van der Waals surface area contributed by atoms with Crippen molar-refractivity contribution in [2.75, 3.05) is 34.9 Å². The van der Waals surface area contributed by atoms with Crippen LogP contribution in [0.1, 0.15) is 31.2 Å². The van der Waals surface area contributed by atoms with Gasteiger partial charge in [0, 0.05) is 40.5 Å². The number of hydrogen-bond donors (Lipinski definition) is 2. The van der Waals surface area contributed by atoms with E-state index in [1.165, 1.54) is 17.3 Å². The predicted octanol–water partition coefficient (Wildman–Crippen LogP) is 2.75. The molecule has 1 aliphatic heterocycles. The lowest BCUT2D eigenvalue weighted by Crippen LogP contribution is -2.24. The summed E-state index contributed by atoms with van der Waals surface area (Å²) < 4.78 is 0. The van der Waals surface area contributed by atoms with Gasteiger partial charge in [-0.25, -0.2) is 9.97 Å². The van der Waals surface area contributed by atoms with Crippen molar-refractivity contribution in [2.45, 2.75) is 31.9 Å². The molecule has 4 nitrogen and oxygen atoms in total. The summed E-state index contributed by atoms with van der Waals surface area (Å²) in [4.78, 5) is 8.94. The van der Waals surface area contributed by atoms with Crippen LogP contribution in [0.3, 0.4) is 0 Å². The van der Waals surface area contributed by atoms with E-state index in [9.17, 15) is 0 Å². The van der Waals surface area contributed by atoms with Crippen LogP contribution in [-0.4, -0.2) is 39.0 Å². The standard InChI is InChI=1S/C13H22N4S2/c1-8(2)12-16-11(14)9(3)13(17-12)15-6-10-7-18-4-5-19-10/h8,10H,4-7H2,1-3H3,(H3,14,15,16,17). The van der Waals surface area contributed by atoms with E-state index in [1.54, 1.807) is 0 Å². The summed E-state index contributed by atoms with van der Waals surface area (Å²) in [7, 11) is 0. The van der Waals surface area contributed by atoms with Gasteiger partial charge in [-0.05, 0) is 6.92 Å². The van der Waals surface area contributed by atoms with Gasteiger partial charge in [0.15, 0.2) is 0 Å². The molecule has 0 bridgehead atoms. The van der Waals surface area contributed by atoms with Crippen molar-refractivity contribution in [1.29, 1.82) is 0 Å². The number of thioether (sulfide) groups is 2. The average molecular weight is 298 g/mol. The fraction of sp³-hybridized carbons (Fsp3) is 0.692. The molecule has 0 amide bonds. The number of rotatable bonds is 4. The topological polar surface area (TPSA) is 63.8 Å². The molecule has 0 radical (unpaired) electrons. The van der Waals surface area contributed by atoms with Crippen molar-refractivity contribution in [3.63, 3.8) is 0 Å². The lowest BCUT2D eigenvalue weighted by atomic mass is 10.2. The third-order valence-corrected chi connectivity index (χ3v) is 5.94. The van der Waals surface area contributed by atoms with Gasteiger partial charge in [-0.1, -0.05) is 13.8 Å². The van der Waals surface area contributed by atoms with Gasteiger partial charge in [0.25, 0.3) is 0 Å². The molecule has 6 heteroatoms. The summed E-state index contributed by atoms with van der Waals surface area (Å²) in [6.45, 7) is 7.10. The minimum absolute atomic E-state index is 0.295. The molecule has 1 unspecified atom stereocenters. The molecular weight excluding hydrogens is 276 g/mol. The van der Waals surface area contributed by atoms with Crippen molar-refractivity contribution < 1.29 is 0 Å². The molecule has 2 heterocycles. The molecule has 1 aromatic rings. The van der Waals surface area contributed by atoms with Gasteiger partial charge in [0.2, 0.25) is 0 Å². The fourth-order valence-electron chi connectivity index (χ4n) is 1.85. The van der Waals surface area contributed by atoms with Crippen LogP contribution in [0.25, 0.3) is 0 Å². The van der Waals surface area contributed by atoms with Crippen molar-refractivity contribution in [1.82, 2.24) is 9.97 Å². The van der Waals surface area contributed by atoms with E-state index >= 15 is 0 Å². The molecule has 1 atom stereocenters. The highest BCUT2D eigenvalue weighted by atomic mass is 32.2. The first-order valence-corrected chi connectivity index (χ1v) is 8.85. The Balaban J connectivity index is 2.05. The molecule has 1 saturated heterocycles. The zero-order chi connectivity index (χ0) is 13.8. The van der Waals surface area contributed by atoms with Crippen molar-refractivity contribution in [2.24, 2.45) is 0 Å². The molecule has 2 rings (SSSR count). The molecule has 0 saturated carbocycles. The van der Waals surface area contributed by atoms with Gasteiger partial charge in [-0.15, -0.1) is 0 Å². The number of aromatic nitrogens is 2. The van der Waals surface area contributed by atoms with Crippen LogP contribution in [0.4, 0.5) is 11.6 Å². The number of nitrogens with one attached hydrogen (secondary N) is 1. The van der Waals surface area contributed by atoms with E-state index in [1.807, 2.05) is 30.4 Å². The van der Waals surface area contributed by atoms with Crippen LogP contribution in [0, 0.1) is 6.92 Å². The highest BCUT2D eigenvalue weighted by Crippen LogP contribution is 2.25. The molecule has 1 aliphatic rings. The van der Waals surface area contributed by atoms with Crippen LogP contribution in [0.15, 0.2) is 0 Å². The molecule has 0 aliphatic carbocycles. The third-order valence-electron chi connectivity index (χ3n) is 3.10. The van der Waals surface area contributed by atoms with Crippen molar-refractivity contribution in [3.8, 4) is 0 Å². The summed E-state index contributed by atoms with van der Waals surface area (Å²) in [6.07, 6.45) is 0. The Bertz CT molecular complexity index is 431. The van der Waals surface area contributed by atoms with Gasteiger partial charge in [0.05, 0.1) is 0 Å². The van der Waals surface area contributed by atoms with Crippen LogP contribution < -0.4 is 11.1 Å². The normalized spacial score (nSPS) is 19.7. The molecular formula is C13H22N4S2. The molecule has 3 N–H and O–H groups in total. The largest absolute Gasteiger partial charge is 0.383 e. The van der Waals surface area contributed by atoms with E-state index in [-0.39, 0.29) is 0 Å². The number of anilines is 2. The van der Waals surface area contributed by atoms with Crippen molar-refractivity contribution >= 4 is 35.2 Å². The fourth-order valence-corrected chi connectivity index (χ4v) is 4.46. The first kappa shape index (κ1) is 14.8. The minimum Gasteiger partial charge on any atom is -0.383 e. The number of nitrogens with zero attached hydrogens (tertiary/aromatic N) is 2. The summed E-state index contributed by atoms with van der Waals surface area (Å²) in [5, 5.41) is 4.12. The number of hydrogen-bond acceptors (Lipinski definition) is 6. The first-order valence-electron chi connectivity index (χ1n) is 6.65. The second-order valence-corrected chi connectivity index (χ2v) is 7.60. The quantitative estimate of drug-likeness (QED) is 0.891. The first-order chi connectivity index (χ1) is 9.08. The molecule has 1 fully saturated rings. The Labute approximate surface area is 123 Å². The van der Waals surface area contributed by atoms with Gasteiger partial charge < -0.3 is 11.1 Å². The molecule has 0 aromatic carbocycles. The Morgan fingerprint density at radius 1 is 1.37 bits per heavy atom. The van der Waals surface area contributed by atoms with Crippen LogP contribution >= 0.6 is 23.5 Å². The second-order valence-electron chi connectivity index (χ2n) is 5.04. The van der Waals surface area contributed by atoms with Gasteiger partial charge >= 0.3 is 0 Å². The minimum atomic E-state index is 0.295. The van der Waals surface area contributed by atoms with Gasteiger partial charge in [0.1, 0.15) is 17.5 Å². The van der Waals surface area contributed by atoms with Gasteiger partial charge in [-0.2, -0.15) is 23.5 Å². The Hall–Kier alpha value is -0.620. The van der Waals surface area contributed by atoms with E-state index in [2.05, 4.69) is 29.1 Å². The Morgan fingerprint density at radius 3 is 2.79 bits per heavy atom. The van der Waals surface area contributed by atoms with Crippen LogP contribution in [0.2, 0.25) is 0 Å². The van der Waals surface area contributed by atoms with Gasteiger partial charge in [-0.3, -0.25) is 0 Å². The molecule has 19 heavy (non-hydrogen) atoms.